The number of carbonyl (C=O) groups excluding carboxylic acids is 1. The van der Waals surface area contributed by atoms with E-state index in [9.17, 15) is 9.90 Å². The van der Waals surface area contributed by atoms with Crippen molar-refractivity contribution in [1.82, 2.24) is 9.55 Å². The molecule has 0 fully saturated rings. The van der Waals surface area contributed by atoms with E-state index < -0.39 is 6.10 Å². The number of hydrogen-bond donors (Lipinski definition) is 1. The molecule has 0 saturated heterocycles. The van der Waals surface area contributed by atoms with Gasteiger partial charge in [0, 0.05) is 30.7 Å². The number of aromatic nitrogens is 2. The Bertz CT molecular complexity index is 886. The Balaban J connectivity index is 1.72. The molecule has 0 amide bonds. The first-order valence-corrected chi connectivity index (χ1v) is 8.11. The molecule has 0 saturated carbocycles. The van der Waals surface area contributed by atoms with Crippen LogP contribution in [0.4, 0.5) is 0 Å². The summed E-state index contributed by atoms with van der Waals surface area (Å²) >= 11 is 0. The van der Waals surface area contributed by atoms with Gasteiger partial charge in [-0.25, -0.2) is 0 Å². The zero-order valence-corrected chi connectivity index (χ0v) is 13.2. The van der Waals surface area contributed by atoms with E-state index in [1.165, 1.54) is 0 Å². The summed E-state index contributed by atoms with van der Waals surface area (Å²) in [5.74, 6) is 0.528. The monoisotopic (exact) mass is 322 g/mol. The predicted molar refractivity (Wildman–Crippen MR) is 90.2 cm³/mol. The largest absolute Gasteiger partial charge is 0.478 e. The van der Waals surface area contributed by atoms with Crippen molar-refractivity contribution in [2.45, 2.75) is 25.5 Å². The molecule has 2 aromatic heterocycles. The third-order valence-electron chi connectivity index (χ3n) is 4.44. The lowest BCUT2D eigenvalue weighted by Crippen LogP contribution is -2.16. The van der Waals surface area contributed by atoms with Gasteiger partial charge in [-0.1, -0.05) is 18.2 Å². The fourth-order valence-electron chi connectivity index (χ4n) is 3.29. The Hall–Kier alpha value is -2.66. The molecular weight excluding hydrogens is 304 g/mol. The van der Waals surface area contributed by atoms with Crippen molar-refractivity contribution in [2.24, 2.45) is 0 Å². The number of hydrogen-bond acceptors (Lipinski definition) is 4. The highest BCUT2D eigenvalue weighted by Gasteiger charge is 2.27. The predicted octanol–water partition coefficient (Wildman–Crippen LogP) is 3.13. The summed E-state index contributed by atoms with van der Waals surface area (Å²) in [6, 6.07) is 11.3. The van der Waals surface area contributed by atoms with E-state index in [1.807, 2.05) is 24.3 Å². The van der Waals surface area contributed by atoms with Crippen LogP contribution in [0.3, 0.4) is 0 Å². The number of pyridine rings is 1. The lowest BCUT2D eigenvalue weighted by molar-refractivity contribution is 0.0875. The van der Waals surface area contributed by atoms with Crippen LogP contribution < -0.4 is 4.74 Å². The van der Waals surface area contributed by atoms with Crippen molar-refractivity contribution >= 4 is 16.7 Å². The molecule has 3 heterocycles. The molecule has 0 radical (unpaired) electrons. The Morgan fingerprint density at radius 1 is 1.25 bits per heavy atom. The van der Waals surface area contributed by atoms with Gasteiger partial charge in [-0.2, -0.15) is 0 Å². The molecule has 0 spiro atoms. The summed E-state index contributed by atoms with van der Waals surface area (Å²) in [7, 11) is 0. The minimum absolute atomic E-state index is 0.0222. The van der Waals surface area contributed by atoms with Crippen molar-refractivity contribution < 1.29 is 14.6 Å². The number of aliphatic hydroxyl groups is 1. The van der Waals surface area contributed by atoms with Crippen LogP contribution in [-0.2, 0) is 6.54 Å². The molecule has 24 heavy (non-hydrogen) atoms. The summed E-state index contributed by atoms with van der Waals surface area (Å²) in [5, 5.41) is 11.3. The molecule has 1 aromatic carbocycles. The molecule has 1 atom stereocenters. The minimum Gasteiger partial charge on any atom is -0.478 e. The third kappa shape index (κ3) is 2.47. The van der Waals surface area contributed by atoms with Gasteiger partial charge in [0.05, 0.1) is 23.8 Å². The van der Waals surface area contributed by atoms with E-state index in [0.717, 1.165) is 23.9 Å². The van der Waals surface area contributed by atoms with E-state index in [0.29, 0.717) is 23.6 Å². The second kappa shape index (κ2) is 6.09. The van der Waals surface area contributed by atoms with E-state index in [-0.39, 0.29) is 12.2 Å². The minimum atomic E-state index is -0.849. The smallest absolute Gasteiger partial charge is 0.205 e. The fraction of sp³-hybridized carbons (Fsp3) is 0.263. The van der Waals surface area contributed by atoms with Crippen LogP contribution in [0.2, 0.25) is 0 Å². The van der Waals surface area contributed by atoms with Crippen molar-refractivity contribution in [2.75, 3.05) is 6.61 Å². The van der Waals surface area contributed by atoms with Gasteiger partial charge in [0.1, 0.15) is 0 Å². The topological polar surface area (TPSA) is 64.3 Å². The molecule has 4 rings (SSSR count). The molecule has 0 aliphatic carbocycles. The number of carbonyl (C=O) groups is 1. The number of ketones is 1. The molecule has 5 heteroatoms. The maximum atomic E-state index is 12.9. The quantitative estimate of drug-likeness (QED) is 0.750. The Morgan fingerprint density at radius 3 is 2.88 bits per heavy atom. The van der Waals surface area contributed by atoms with Gasteiger partial charge < -0.3 is 14.4 Å². The molecule has 1 aliphatic heterocycles. The van der Waals surface area contributed by atoms with Crippen LogP contribution in [0, 0.1) is 0 Å². The summed E-state index contributed by atoms with van der Waals surface area (Å²) in [6.07, 6.45) is 3.33. The molecule has 0 bridgehead atoms. The van der Waals surface area contributed by atoms with Crippen LogP contribution >= 0.6 is 0 Å². The zero-order valence-electron chi connectivity index (χ0n) is 13.2. The third-order valence-corrected chi connectivity index (χ3v) is 4.44. The van der Waals surface area contributed by atoms with E-state index in [2.05, 4.69) is 9.55 Å². The molecule has 122 valence electrons. The first-order valence-electron chi connectivity index (χ1n) is 8.11. The Labute approximate surface area is 139 Å². The highest BCUT2D eigenvalue weighted by molar-refractivity contribution is 6.11. The number of benzene rings is 1. The van der Waals surface area contributed by atoms with Gasteiger partial charge in [-0.3, -0.25) is 9.78 Å². The average molecular weight is 322 g/mol. The Morgan fingerprint density at radius 2 is 2.04 bits per heavy atom. The van der Waals surface area contributed by atoms with E-state index >= 15 is 0 Å². The molecule has 3 aromatic rings. The normalized spacial score (nSPS) is 14.9. The van der Waals surface area contributed by atoms with E-state index in [4.69, 9.17) is 4.74 Å². The highest BCUT2D eigenvalue weighted by Crippen LogP contribution is 2.36. The zero-order chi connectivity index (χ0) is 16.5. The van der Waals surface area contributed by atoms with Gasteiger partial charge >= 0.3 is 0 Å². The van der Waals surface area contributed by atoms with Crippen molar-refractivity contribution in [1.29, 1.82) is 0 Å². The summed E-state index contributed by atoms with van der Waals surface area (Å²) < 4.78 is 7.86. The van der Waals surface area contributed by atoms with Crippen molar-refractivity contribution in [3.05, 3.63) is 59.9 Å². The maximum Gasteiger partial charge on any atom is 0.205 e. The van der Waals surface area contributed by atoms with Crippen LogP contribution in [0.15, 0.2) is 48.8 Å². The average Bonchev–Trinajstić information content (AvgIpc) is 2.97. The van der Waals surface area contributed by atoms with Gasteiger partial charge in [-0.05, 0) is 30.2 Å². The number of rotatable bonds is 4. The number of para-hydroxylation sites is 1. The number of nitrogens with zero attached hydrogens (tertiary/aromatic N) is 2. The standard InChI is InChI=1S/C19H18N2O3/c22-16(13-6-8-20-9-7-13)12-17(23)18-14-4-1-2-5-15(14)21-10-3-11-24-19(18)21/h1-2,4-9,16,22H,3,10-12H2. The molecule has 1 unspecified atom stereocenters. The number of aliphatic hydroxyl groups excluding tert-OH is 1. The number of Topliss-reactive ketones (excluding diaryl/α,β-unsaturated/α-hetero) is 1. The van der Waals surface area contributed by atoms with E-state index in [1.54, 1.807) is 24.5 Å². The van der Waals surface area contributed by atoms with Gasteiger partial charge in [0.2, 0.25) is 5.88 Å². The molecule has 5 nitrogen and oxygen atoms in total. The fourth-order valence-corrected chi connectivity index (χ4v) is 3.29. The lowest BCUT2D eigenvalue weighted by atomic mass is 10.00. The first kappa shape index (κ1) is 14.9. The van der Waals surface area contributed by atoms with Crippen LogP contribution in [-0.4, -0.2) is 27.0 Å². The second-order valence-electron chi connectivity index (χ2n) is 5.97. The molecule has 1 N–H and O–H groups in total. The lowest BCUT2D eigenvalue weighted by Gasteiger charge is -2.18. The second-order valence-corrected chi connectivity index (χ2v) is 5.97. The van der Waals surface area contributed by atoms with Crippen LogP contribution in [0.25, 0.3) is 10.9 Å². The number of aryl methyl sites for hydroxylation is 1. The molecule has 1 aliphatic rings. The summed E-state index contributed by atoms with van der Waals surface area (Å²) in [4.78, 5) is 16.8. The summed E-state index contributed by atoms with van der Waals surface area (Å²) in [5.41, 5.74) is 2.28. The van der Waals surface area contributed by atoms with Crippen LogP contribution in [0.1, 0.15) is 34.9 Å². The van der Waals surface area contributed by atoms with Crippen molar-refractivity contribution in [3.63, 3.8) is 0 Å². The van der Waals surface area contributed by atoms with Crippen LogP contribution in [0.5, 0.6) is 5.88 Å². The molecular formula is C19H18N2O3. The van der Waals surface area contributed by atoms with Crippen molar-refractivity contribution in [3.8, 4) is 5.88 Å². The summed E-state index contributed by atoms with van der Waals surface area (Å²) in [6.45, 7) is 1.46. The van der Waals surface area contributed by atoms with Gasteiger partial charge in [0.15, 0.2) is 5.78 Å². The SMILES string of the molecule is O=C(CC(O)c1ccncc1)c1c2n(c3ccccc13)CCCO2. The highest BCUT2D eigenvalue weighted by atomic mass is 16.5. The number of fused-ring (bicyclic) bond motifs is 3. The van der Waals surface area contributed by atoms with Gasteiger partial charge in [0.25, 0.3) is 0 Å². The maximum absolute atomic E-state index is 12.9. The first-order chi connectivity index (χ1) is 11.8. The Kier molecular flexibility index (Phi) is 3.78. The number of ether oxygens (including phenoxy) is 1. The van der Waals surface area contributed by atoms with Gasteiger partial charge in [-0.15, -0.1) is 0 Å².